The molecule has 0 aliphatic carbocycles. The fourth-order valence-corrected chi connectivity index (χ4v) is 2.92. The van der Waals surface area contributed by atoms with Crippen LogP contribution in [0.2, 0.25) is 10.0 Å². The molecule has 0 spiro atoms. The quantitative estimate of drug-likeness (QED) is 0.486. The summed E-state index contributed by atoms with van der Waals surface area (Å²) in [5, 5.41) is 4.12. The molecule has 0 bridgehead atoms. The summed E-state index contributed by atoms with van der Waals surface area (Å²) in [5.74, 6) is 0.455. The van der Waals surface area contributed by atoms with E-state index in [2.05, 4.69) is 15.3 Å². The molecule has 0 saturated heterocycles. The number of carbonyl (C=O) groups is 1. The Bertz CT molecular complexity index is 961. The van der Waals surface area contributed by atoms with Crippen LogP contribution in [0.1, 0.15) is 19.8 Å². The molecule has 1 amide bonds. The van der Waals surface area contributed by atoms with Gasteiger partial charge in [0, 0.05) is 34.1 Å². The van der Waals surface area contributed by atoms with E-state index in [0.29, 0.717) is 47.6 Å². The molecule has 0 saturated carbocycles. The topological polar surface area (TPSA) is 64.1 Å². The molecule has 3 aromatic rings. The van der Waals surface area contributed by atoms with Crippen LogP contribution in [0.5, 0.6) is 5.88 Å². The van der Waals surface area contributed by atoms with Crippen molar-refractivity contribution in [1.29, 1.82) is 0 Å². The Kier molecular flexibility index (Phi) is 7.44. The van der Waals surface area contributed by atoms with Gasteiger partial charge in [0.15, 0.2) is 0 Å². The molecule has 0 aliphatic heterocycles. The molecular weight excluding hydrogens is 409 g/mol. The predicted octanol–water partition coefficient (Wildman–Crippen LogP) is 5.41. The van der Waals surface area contributed by atoms with Crippen LogP contribution in [-0.2, 0) is 4.79 Å². The van der Waals surface area contributed by atoms with Gasteiger partial charge in [0.2, 0.25) is 11.8 Å². The lowest BCUT2D eigenvalue weighted by molar-refractivity contribution is -0.120. The van der Waals surface area contributed by atoms with Gasteiger partial charge in [-0.3, -0.25) is 4.79 Å². The zero-order valence-electron chi connectivity index (χ0n) is 16.0. The Morgan fingerprint density at radius 3 is 2.14 bits per heavy atom. The highest BCUT2D eigenvalue weighted by atomic mass is 35.5. The highest BCUT2D eigenvalue weighted by Gasteiger charge is 2.13. The molecule has 0 unspecified atom stereocenters. The van der Waals surface area contributed by atoms with Crippen molar-refractivity contribution in [2.75, 3.05) is 13.2 Å². The smallest absolute Gasteiger partial charge is 0.232 e. The van der Waals surface area contributed by atoms with Gasteiger partial charge in [0.1, 0.15) is 5.69 Å². The summed E-state index contributed by atoms with van der Waals surface area (Å²) in [6.45, 7) is 2.81. The summed E-state index contributed by atoms with van der Waals surface area (Å²) in [7, 11) is 0. The number of nitrogens with zero attached hydrogens (tertiary/aromatic N) is 2. The number of carbonyl (C=O) groups excluding carboxylic acids is 1. The van der Waals surface area contributed by atoms with Crippen LogP contribution in [0, 0.1) is 0 Å². The van der Waals surface area contributed by atoms with Crippen molar-refractivity contribution in [1.82, 2.24) is 15.3 Å². The summed E-state index contributed by atoms with van der Waals surface area (Å²) >= 11 is 12.0. The number of benzene rings is 2. The third kappa shape index (κ3) is 5.92. The number of aromatic nitrogens is 2. The number of hydrogen-bond acceptors (Lipinski definition) is 4. The van der Waals surface area contributed by atoms with Crippen molar-refractivity contribution in [3.63, 3.8) is 0 Å². The maximum absolute atomic E-state index is 11.3. The molecule has 1 heterocycles. The first-order chi connectivity index (χ1) is 14.1. The average molecular weight is 430 g/mol. The van der Waals surface area contributed by atoms with E-state index < -0.39 is 0 Å². The lowest BCUT2D eigenvalue weighted by Crippen LogP contribution is -2.24. The molecule has 150 valence electrons. The van der Waals surface area contributed by atoms with E-state index in [4.69, 9.17) is 27.9 Å². The Morgan fingerprint density at radius 1 is 0.966 bits per heavy atom. The molecule has 0 aliphatic rings. The van der Waals surface area contributed by atoms with E-state index in [1.807, 2.05) is 55.5 Å². The minimum atomic E-state index is 0.0298. The van der Waals surface area contributed by atoms with Gasteiger partial charge in [-0.1, -0.05) is 54.4 Å². The van der Waals surface area contributed by atoms with Crippen LogP contribution in [0.3, 0.4) is 0 Å². The molecular formula is C22H21Cl2N3O2. The highest BCUT2D eigenvalue weighted by molar-refractivity contribution is 6.31. The third-order valence-electron chi connectivity index (χ3n) is 4.20. The summed E-state index contributed by atoms with van der Waals surface area (Å²) in [5.41, 5.74) is 3.21. The first kappa shape index (κ1) is 21.1. The molecule has 29 heavy (non-hydrogen) atoms. The van der Waals surface area contributed by atoms with Crippen LogP contribution >= 0.6 is 23.2 Å². The van der Waals surface area contributed by atoms with Crippen LogP contribution in [-0.4, -0.2) is 29.0 Å². The van der Waals surface area contributed by atoms with E-state index >= 15 is 0 Å². The van der Waals surface area contributed by atoms with Gasteiger partial charge in [-0.2, -0.15) is 0 Å². The summed E-state index contributed by atoms with van der Waals surface area (Å²) in [4.78, 5) is 20.5. The molecule has 1 aromatic heterocycles. The number of amides is 1. The zero-order valence-corrected chi connectivity index (χ0v) is 17.5. The maximum atomic E-state index is 11.3. The second-order valence-electron chi connectivity index (χ2n) is 6.32. The molecule has 2 aromatic carbocycles. The first-order valence-corrected chi connectivity index (χ1v) is 10.1. The highest BCUT2D eigenvalue weighted by Crippen LogP contribution is 2.31. The van der Waals surface area contributed by atoms with E-state index in [9.17, 15) is 4.79 Å². The van der Waals surface area contributed by atoms with Gasteiger partial charge in [0.25, 0.3) is 0 Å². The van der Waals surface area contributed by atoms with Crippen LogP contribution in [0.15, 0.2) is 54.7 Å². The van der Waals surface area contributed by atoms with Crippen LogP contribution in [0.25, 0.3) is 22.5 Å². The number of hydrogen-bond donors (Lipinski definition) is 1. The minimum Gasteiger partial charge on any atom is -0.476 e. The fraction of sp³-hybridized carbons (Fsp3) is 0.227. The normalized spacial score (nSPS) is 10.6. The molecule has 7 heteroatoms. The van der Waals surface area contributed by atoms with Crippen molar-refractivity contribution in [3.8, 4) is 28.4 Å². The minimum absolute atomic E-state index is 0.0298. The number of ether oxygens (including phenoxy) is 1. The van der Waals surface area contributed by atoms with Gasteiger partial charge in [-0.25, -0.2) is 9.97 Å². The number of halogens is 2. The third-order valence-corrected chi connectivity index (χ3v) is 4.70. The van der Waals surface area contributed by atoms with Gasteiger partial charge >= 0.3 is 0 Å². The van der Waals surface area contributed by atoms with Gasteiger partial charge in [0.05, 0.1) is 18.5 Å². The van der Waals surface area contributed by atoms with Crippen LogP contribution < -0.4 is 10.1 Å². The van der Waals surface area contributed by atoms with Gasteiger partial charge < -0.3 is 10.1 Å². The lowest BCUT2D eigenvalue weighted by atomic mass is 10.0. The molecule has 1 N–H and O–H groups in total. The monoisotopic (exact) mass is 429 g/mol. The number of nitrogens with one attached hydrogen (secondary N) is 1. The van der Waals surface area contributed by atoms with E-state index in [-0.39, 0.29) is 5.91 Å². The van der Waals surface area contributed by atoms with Crippen molar-refractivity contribution in [2.45, 2.75) is 19.8 Å². The van der Waals surface area contributed by atoms with E-state index in [1.165, 1.54) is 0 Å². The Morgan fingerprint density at radius 2 is 1.55 bits per heavy atom. The van der Waals surface area contributed by atoms with E-state index in [0.717, 1.165) is 16.8 Å². The van der Waals surface area contributed by atoms with Crippen molar-refractivity contribution in [3.05, 3.63) is 64.8 Å². The van der Waals surface area contributed by atoms with Crippen molar-refractivity contribution in [2.24, 2.45) is 0 Å². The van der Waals surface area contributed by atoms with Crippen molar-refractivity contribution >= 4 is 29.1 Å². The second-order valence-corrected chi connectivity index (χ2v) is 7.20. The van der Waals surface area contributed by atoms with Crippen molar-refractivity contribution < 1.29 is 9.53 Å². The predicted molar refractivity (Wildman–Crippen MR) is 116 cm³/mol. The molecule has 0 fully saturated rings. The Labute approximate surface area is 180 Å². The molecule has 5 nitrogen and oxygen atoms in total. The Hall–Kier alpha value is -2.63. The Balaban J connectivity index is 1.81. The van der Waals surface area contributed by atoms with Gasteiger partial charge in [-0.05, 0) is 30.7 Å². The average Bonchev–Trinajstić information content (AvgIpc) is 2.74. The SMILES string of the molecule is CCC(=O)NCCCOc1cnc(-c2ccc(Cl)cc2)c(-c2ccc(Cl)cc2)n1. The maximum Gasteiger partial charge on any atom is 0.232 e. The first-order valence-electron chi connectivity index (χ1n) is 9.35. The lowest BCUT2D eigenvalue weighted by Gasteiger charge is -2.12. The molecule has 0 atom stereocenters. The molecule has 0 radical (unpaired) electrons. The zero-order chi connectivity index (χ0) is 20.6. The van der Waals surface area contributed by atoms with Gasteiger partial charge in [-0.15, -0.1) is 0 Å². The summed E-state index contributed by atoms with van der Waals surface area (Å²) in [6.07, 6.45) is 2.76. The van der Waals surface area contributed by atoms with E-state index in [1.54, 1.807) is 6.20 Å². The summed E-state index contributed by atoms with van der Waals surface area (Å²) in [6, 6.07) is 14.9. The summed E-state index contributed by atoms with van der Waals surface area (Å²) < 4.78 is 5.75. The standard InChI is InChI=1S/C22H21Cl2N3O2/c1-2-19(28)25-12-3-13-29-20-14-26-21(15-4-8-17(23)9-5-15)22(27-20)16-6-10-18(24)11-7-16/h4-11,14H,2-3,12-13H2,1H3,(H,25,28). The molecule has 3 rings (SSSR count). The number of rotatable bonds is 8. The second kappa shape index (κ2) is 10.2. The largest absolute Gasteiger partial charge is 0.476 e. The van der Waals surface area contributed by atoms with Crippen LogP contribution in [0.4, 0.5) is 0 Å². The fourth-order valence-electron chi connectivity index (χ4n) is 2.67.